The molecule has 1 N–H and O–H groups in total. The first-order valence-corrected chi connectivity index (χ1v) is 12.1. The third-order valence-corrected chi connectivity index (χ3v) is 6.89. The zero-order valence-corrected chi connectivity index (χ0v) is 20.3. The van der Waals surface area contributed by atoms with E-state index in [4.69, 9.17) is 26.3 Å². The van der Waals surface area contributed by atoms with Gasteiger partial charge in [-0.3, -0.25) is 4.79 Å². The number of anilines is 2. The van der Waals surface area contributed by atoms with Crippen LogP contribution in [0.3, 0.4) is 0 Å². The average Bonchev–Trinajstić information content (AvgIpc) is 2.76. The topological polar surface area (TPSA) is 100 Å². The van der Waals surface area contributed by atoms with Crippen molar-refractivity contribution in [2.45, 2.75) is 57.1 Å². The number of amides is 1. The SMILES string of the molecule is Cc1c(Nc2ccc(C#N)cc2Cl)ncnc1OC1CC2COCC(C1)N2C(=O)SC(C)C. The van der Waals surface area contributed by atoms with Gasteiger partial charge in [-0.15, -0.1) is 0 Å². The molecule has 2 unspecified atom stereocenters. The van der Waals surface area contributed by atoms with E-state index in [0.29, 0.717) is 54.0 Å². The van der Waals surface area contributed by atoms with Crippen LogP contribution in [0.25, 0.3) is 0 Å². The first-order valence-electron chi connectivity index (χ1n) is 10.9. The number of ether oxygens (including phenoxy) is 2. The van der Waals surface area contributed by atoms with Gasteiger partial charge in [-0.1, -0.05) is 37.2 Å². The molecule has 0 radical (unpaired) electrons. The molecule has 2 atom stereocenters. The van der Waals surface area contributed by atoms with E-state index in [1.54, 1.807) is 18.2 Å². The van der Waals surface area contributed by atoms with Crippen LogP contribution >= 0.6 is 23.4 Å². The maximum Gasteiger partial charge on any atom is 0.282 e. The van der Waals surface area contributed by atoms with Gasteiger partial charge in [0, 0.05) is 18.1 Å². The number of rotatable bonds is 5. The fraction of sp³-hybridized carbons (Fsp3) is 0.478. The molecule has 10 heteroatoms. The quantitative estimate of drug-likeness (QED) is 0.633. The molecule has 2 saturated heterocycles. The van der Waals surface area contributed by atoms with Crippen molar-refractivity contribution in [1.82, 2.24) is 14.9 Å². The monoisotopic (exact) mass is 487 g/mol. The van der Waals surface area contributed by atoms with Crippen molar-refractivity contribution in [3.8, 4) is 11.9 Å². The highest BCUT2D eigenvalue weighted by molar-refractivity contribution is 8.14. The molecule has 4 rings (SSSR count). The molecule has 2 fully saturated rings. The fourth-order valence-corrected chi connectivity index (χ4v) is 5.22. The highest BCUT2D eigenvalue weighted by Crippen LogP contribution is 2.35. The van der Waals surface area contributed by atoms with Gasteiger partial charge in [-0.2, -0.15) is 5.26 Å². The van der Waals surface area contributed by atoms with Gasteiger partial charge in [-0.25, -0.2) is 9.97 Å². The number of hydrogen-bond donors (Lipinski definition) is 1. The van der Waals surface area contributed by atoms with Crippen LogP contribution in [0.5, 0.6) is 5.88 Å². The predicted molar refractivity (Wildman–Crippen MR) is 128 cm³/mol. The van der Waals surface area contributed by atoms with Crippen LogP contribution in [0, 0.1) is 18.3 Å². The van der Waals surface area contributed by atoms with Crippen LogP contribution in [-0.2, 0) is 4.74 Å². The maximum absolute atomic E-state index is 12.8. The van der Waals surface area contributed by atoms with E-state index >= 15 is 0 Å². The van der Waals surface area contributed by atoms with Gasteiger partial charge in [-0.05, 0) is 25.1 Å². The average molecular weight is 488 g/mol. The van der Waals surface area contributed by atoms with Crippen LogP contribution in [0.1, 0.15) is 37.8 Å². The molecule has 0 spiro atoms. The molecule has 0 aliphatic carbocycles. The zero-order chi connectivity index (χ0) is 23.5. The van der Waals surface area contributed by atoms with Crippen LogP contribution in [0.15, 0.2) is 24.5 Å². The van der Waals surface area contributed by atoms with Crippen molar-refractivity contribution in [3.63, 3.8) is 0 Å². The lowest BCUT2D eigenvalue weighted by Gasteiger charge is -2.48. The third kappa shape index (κ3) is 5.35. The first kappa shape index (κ1) is 23.6. The number of nitrogens with one attached hydrogen (secondary N) is 1. The molecule has 8 nitrogen and oxygen atoms in total. The second kappa shape index (κ2) is 10.2. The number of carbonyl (C=O) groups is 1. The van der Waals surface area contributed by atoms with Gasteiger partial charge in [0.2, 0.25) is 5.88 Å². The Labute approximate surface area is 202 Å². The number of nitrogens with zero attached hydrogens (tertiary/aromatic N) is 4. The Hall–Kier alpha value is -2.54. The summed E-state index contributed by atoms with van der Waals surface area (Å²) < 4.78 is 12.0. The Morgan fingerprint density at radius 3 is 2.70 bits per heavy atom. The lowest BCUT2D eigenvalue weighted by Crippen LogP contribution is -2.60. The number of piperidine rings is 1. The second-order valence-corrected chi connectivity index (χ2v) is 10.4. The van der Waals surface area contributed by atoms with Crippen LogP contribution < -0.4 is 10.1 Å². The Morgan fingerprint density at radius 1 is 1.33 bits per heavy atom. The summed E-state index contributed by atoms with van der Waals surface area (Å²) in [4.78, 5) is 23.4. The number of thioether (sulfide) groups is 1. The van der Waals surface area contributed by atoms with Gasteiger partial charge in [0.05, 0.1) is 53.2 Å². The standard InChI is InChI=1S/C23H26ClN5O3S/c1-13(2)33-23(30)29-16-7-18(8-17(29)11-31-10-16)32-22-14(3)21(26-12-27-22)28-20-5-4-15(9-25)6-19(20)24/h4-6,12-13,16-18H,7-8,10-11H2,1-3H3,(H,26,27,28). The Bertz CT molecular complexity index is 1060. The van der Waals surface area contributed by atoms with Gasteiger partial charge < -0.3 is 19.7 Å². The van der Waals surface area contributed by atoms with Crippen molar-refractivity contribution in [2.24, 2.45) is 0 Å². The minimum absolute atomic E-state index is 0.00144. The molecule has 1 aromatic heterocycles. The molecule has 2 aliphatic heterocycles. The smallest absolute Gasteiger partial charge is 0.282 e. The van der Waals surface area contributed by atoms with Gasteiger partial charge in [0.1, 0.15) is 18.2 Å². The fourth-order valence-electron chi connectivity index (χ4n) is 4.17. The largest absolute Gasteiger partial charge is 0.474 e. The number of benzene rings is 1. The Morgan fingerprint density at radius 2 is 2.06 bits per heavy atom. The minimum Gasteiger partial charge on any atom is -0.474 e. The van der Waals surface area contributed by atoms with E-state index in [0.717, 1.165) is 5.56 Å². The molecular formula is C23H26ClN5O3S. The summed E-state index contributed by atoms with van der Waals surface area (Å²) in [7, 11) is 0. The van der Waals surface area contributed by atoms with Crippen LogP contribution in [0.4, 0.5) is 16.3 Å². The normalized spacial score (nSPS) is 22.1. The predicted octanol–water partition coefficient (Wildman–Crippen LogP) is 4.93. The molecule has 33 heavy (non-hydrogen) atoms. The van der Waals surface area contributed by atoms with Crippen LogP contribution in [0.2, 0.25) is 5.02 Å². The summed E-state index contributed by atoms with van der Waals surface area (Å²) in [6, 6.07) is 7.10. The first-order chi connectivity index (χ1) is 15.9. The van der Waals surface area contributed by atoms with E-state index in [2.05, 4.69) is 21.4 Å². The van der Waals surface area contributed by atoms with Crippen molar-refractivity contribution < 1.29 is 14.3 Å². The lowest BCUT2D eigenvalue weighted by atomic mass is 9.92. The molecule has 174 valence electrons. The number of hydrogen-bond acceptors (Lipinski definition) is 8. The molecule has 1 aromatic carbocycles. The number of aromatic nitrogens is 2. The molecule has 0 saturated carbocycles. The summed E-state index contributed by atoms with van der Waals surface area (Å²) >= 11 is 7.66. The summed E-state index contributed by atoms with van der Waals surface area (Å²) in [6.07, 6.45) is 2.75. The van der Waals surface area contributed by atoms with Gasteiger partial charge >= 0.3 is 0 Å². The summed E-state index contributed by atoms with van der Waals surface area (Å²) in [5.74, 6) is 1.08. The Balaban J connectivity index is 1.47. The number of fused-ring (bicyclic) bond motifs is 2. The Kier molecular flexibility index (Phi) is 7.27. The van der Waals surface area contributed by atoms with E-state index in [1.807, 2.05) is 25.7 Å². The molecule has 2 aromatic rings. The highest BCUT2D eigenvalue weighted by Gasteiger charge is 2.43. The zero-order valence-electron chi connectivity index (χ0n) is 18.7. The van der Waals surface area contributed by atoms with E-state index < -0.39 is 0 Å². The second-order valence-electron chi connectivity index (χ2n) is 8.48. The number of halogens is 1. The summed E-state index contributed by atoms with van der Waals surface area (Å²) in [6.45, 7) is 6.98. The number of morpholine rings is 1. The lowest BCUT2D eigenvalue weighted by molar-refractivity contribution is -0.0738. The summed E-state index contributed by atoms with van der Waals surface area (Å²) in [5, 5.41) is 13.0. The van der Waals surface area contributed by atoms with Gasteiger partial charge in [0.15, 0.2) is 0 Å². The van der Waals surface area contributed by atoms with Crippen molar-refractivity contribution in [1.29, 1.82) is 5.26 Å². The van der Waals surface area contributed by atoms with Gasteiger partial charge in [0.25, 0.3) is 5.24 Å². The molecule has 2 aliphatic rings. The van der Waals surface area contributed by atoms with Crippen molar-refractivity contribution in [2.75, 3.05) is 18.5 Å². The molecule has 3 heterocycles. The van der Waals surface area contributed by atoms with E-state index in [9.17, 15) is 4.79 Å². The van der Waals surface area contributed by atoms with E-state index in [1.165, 1.54) is 18.1 Å². The van der Waals surface area contributed by atoms with Crippen molar-refractivity contribution in [3.05, 3.63) is 40.7 Å². The minimum atomic E-state index is -0.0723. The third-order valence-electron chi connectivity index (χ3n) is 5.69. The molecular weight excluding hydrogens is 462 g/mol. The van der Waals surface area contributed by atoms with Crippen molar-refractivity contribution >= 4 is 40.1 Å². The van der Waals surface area contributed by atoms with Crippen LogP contribution in [-0.4, -0.2) is 56.8 Å². The number of nitriles is 1. The molecule has 1 amide bonds. The van der Waals surface area contributed by atoms with E-state index in [-0.39, 0.29) is 28.7 Å². The summed E-state index contributed by atoms with van der Waals surface area (Å²) in [5.41, 5.74) is 1.89. The maximum atomic E-state index is 12.8. The number of carbonyl (C=O) groups excluding carboxylic acids is 1. The highest BCUT2D eigenvalue weighted by atomic mass is 35.5. The molecule has 2 bridgehead atoms.